The van der Waals surface area contributed by atoms with Crippen LogP contribution in [0.4, 0.5) is 0 Å². The molecule has 5 aromatic carbocycles. The van der Waals surface area contributed by atoms with Crippen molar-refractivity contribution in [3.8, 4) is 22.8 Å². The molecule has 1 N–H and O–H groups in total. The van der Waals surface area contributed by atoms with Crippen LogP contribution in [0, 0.1) is 0 Å². The highest BCUT2D eigenvalue weighted by Gasteiger charge is 2.38. The fourth-order valence-corrected chi connectivity index (χ4v) is 6.64. The van der Waals surface area contributed by atoms with Gasteiger partial charge in [0.25, 0.3) is 0 Å². The summed E-state index contributed by atoms with van der Waals surface area (Å²) in [5.74, 6) is -0.0870. The maximum atomic E-state index is 11.8. The second-order valence-electron chi connectivity index (χ2n) is 12.6. The number of ether oxygens (including phenoxy) is 4. The standard InChI is InChI=1S/C45H42NO7P/c1-50-39-20-14-37(15-21-39)45(36-9-4-3-5-10-36,38-16-22-41(54-2)23-17-38)53-31-34-11-24-42(46-28-34)35-12-18-40(19-13-35)51-29-32-7-6-8-33(27-32)30-52-44(49)26-25-43(47)48/h3-24,27-28,54H,25-26,29-31H2,1-2H3,(H,47,48). The van der Waals surface area contributed by atoms with Gasteiger partial charge in [-0.1, -0.05) is 99.6 Å². The van der Waals surface area contributed by atoms with E-state index in [4.69, 9.17) is 29.0 Å². The number of benzene rings is 5. The van der Waals surface area contributed by atoms with Crippen LogP contribution in [0.2, 0.25) is 0 Å². The first-order valence-corrected chi connectivity index (χ1v) is 19.1. The van der Waals surface area contributed by atoms with Gasteiger partial charge in [-0.2, -0.15) is 0 Å². The number of methoxy groups -OCH3 is 1. The molecule has 0 bridgehead atoms. The summed E-state index contributed by atoms with van der Waals surface area (Å²) in [6, 6.07) is 46.5. The van der Waals surface area contributed by atoms with Crippen molar-refractivity contribution in [2.45, 2.75) is 38.3 Å². The van der Waals surface area contributed by atoms with Gasteiger partial charge in [0.15, 0.2) is 0 Å². The van der Waals surface area contributed by atoms with Crippen LogP contribution >= 0.6 is 8.58 Å². The van der Waals surface area contributed by atoms with Crippen LogP contribution in [-0.2, 0) is 44.5 Å². The van der Waals surface area contributed by atoms with E-state index in [0.29, 0.717) is 27.5 Å². The van der Waals surface area contributed by atoms with Gasteiger partial charge >= 0.3 is 11.9 Å². The predicted molar refractivity (Wildman–Crippen MR) is 212 cm³/mol. The normalized spacial score (nSPS) is 12.3. The van der Waals surface area contributed by atoms with Gasteiger partial charge in [-0.05, 0) is 93.9 Å². The van der Waals surface area contributed by atoms with E-state index >= 15 is 0 Å². The van der Waals surface area contributed by atoms with Gasteiger partial charge in [0.2, 0.25) is 0 Å². The number of nitrogens with zero attached hydrogens (tertiary/aromatic N) is 1. The van der Waals surface area contributed by atoms with E-state index in [0.717, 1.165) is 50.4 Å². The Balaban J connectivity index is 1.13. The Kier molecular flexibility index (Phi) is 12.8. The summed E-state index contributed by atoms with van der Waals surface area (Å²) >= 11 is 0. The van der Waals surface area contributed by atoms with Crippen molar-refractivity contribution in [1.82, 2.24) is 4.98 Å². The van der Waals surface area contributed by atoms with Gasteiger partial charge in [0.05, 0.1) is 32.3 Å². The third-order valence-electron chi connectivity index (χ3n) is 9.03. The minimum absolute atomic E-state index is 0.0720. The topological polar surface area (TPSA) is 104 Å². The number of carbonyl (C=O) groups is 2. The van der Waals surface area contributed by atoms with Crippen molar-refractivity contribution in [3.05, 3.63) is 179 Å². The minimum Gasteiger partial charge on any atom is -0.497 e. The number of hydrogen-bond donors (Lipinski definition) is 1. The third kappa shape index (κ3) is 9.58. The molecule has 6 rings (SSSR count). The average molecular weight is 740 g/mol. The number of aliphatic carboxylic acids is 1. The summed E-state index contributed by atoms with van der Waals surface area (Å²) in [5.41, 5.74) is 6.62. The van der Waals surface area contributed by atoms with Crippen molar-refractivity contribution in [2.75, 3.05) is 13.8 Å². The first kappa shape index (κ1) is 37.9. The molecule has 54 heavy (non-hydrogen) atoms. The van der Waals surface area contributed by atoms with Crippen LogP contribution in [0.25, 0.3) is 11.3 Å². The summed E-state index contributed by atoms with van der Waals surface area (Å²) in [5, 5.41) is 10.0. The second-order valence-corrected chi connectivity index (χ2v) is 13.7. The van der Waals surface area contributed by atoms with Crippen molar-refractivity contribution in [3.63, 3.8) is 0 Å². The number of pyridine rings is 1. The van der Waals surface area contributed by atoms with Crippen LogP contribution in [-0.4, -0.2) is 35.8 Å². The summed E-state index contributed by atoms with van der Waals surface area (Å²) in [7, 11) is 2.37. The fourth-order valence-electron chi connectivity index (χ4n) is 6.14. The molecule has 0 saturated carbocycles. The molecule has 0 radical (unpaired) electrons. The Labute approximate surface area is 317 Å². The number of carboxylic acids is 1. The molecule has 0 aliphatic carbocycles. The first-order valence-electron chi connectivity index (χ1n) is 17.6. The minimum atomic E-state index is -1.03. The maximum absolute atomic E-state index is 11.8. The van der Waals surface area contributed by atoms with Gasteiger partial charge in [-0.3, -0.25) is 14.6 Å². The van der Waals surface area contributed by atoms with Gasteiger partial charge in [0, 0.05) is 11.8 Å². The van der Waals surface area contributed by atoms with E-state index in [-0.39, 0.29) is 19.4 Å². The van der Waals surface area contributed by atoms with E-state index in [2.05, 4.69) is 55.2 Å². The van der Waals surface area contributed by atoms with Crippen molar-refractivity contribution in [2.24, 2.45) is 0 Å². The Morgan fingerprint density at radius 3 is 1.94 bits per heavy atom. The number of carboxylic acid groups (broad SMARTS) is 1. The summed E-state index contributed by atoms with van der Waals surface area (Å²) in [4.78, 5) is 27.3. The lowest BCUT2D eigenvalue weighted by molar-refractivity contribution is -0.148. The zero-order valence-corrected chi connectivity index (χ0v) is 31.2. The Morgan fingerprint density at radius 1 is 0.667 bits per heavy atom. The molecule has 0 spiro atoms. The average Bonchev–Trinajstić information content (AvgIpc) is 3.23. The molecule has 2 atom stereocenters. The number of carbonyl (C=O) groups excluding carboxylic acids is 1. The van der Waals surface area contributed by atoms with Gasteiger partial charge in [-0.15, -0.1) is 0 Å². The molecule has 6 aromatic rings. The Morgan fingerprint density at radius 2 is 1.31 bits per heavy atom. The number of hydrogen-bond acceptors (Lipinski definition) is 7. The maximum Gasteiger partial charge on any atom is 0.306 e. The summed E-state index contributed by atoms with van der Waals surface area (Å²) in [6.07, 6.45) is 1.46. The molecule has 2 unspecified atom stereocenters. The molecule has 1 heterocycles. The first-order chi connectivity index (χ1) is 26.4. The van der Waals surface area contributed by atoms with E-state index in [9.17, 15) is 9.59 Å². The van der Waals surface area contributed by atoms with Crippen LogP contribution < -0.4 is 14.8 Å². The SMILES string of the molecule is COc1ccc(C(OCc2ccc(-c3ccc(OCc4cccc(COC(=O)CCC(=O)O)c4)cc3)nc2)(c2ccccc2)c2ccc(PC)cc2)cc1. The van der Waals surface area contributed by atoms with E-state index in [1.807, 2.05) is 97.2 Å². The van der Waals surface area contributed by atoms with Crippen LogP contribution in [0.1, 0.15) is 46.2 Å². The van der Waals surface area contributed by atoms with Crippen LogP contribution in [0.5, 0.6) is 11.5 Å². The Bertz CT molecular complexity index is 2070. The molecule has 0 fully saturated rings. The predicted octanol–water partition coefficient (Wildman–Crippen LogP) is 8.69. The van der Waals surface area contributed by atoms with E-state index in [1.54, 1.807) is 7.11 Å². The lowest BCUT2D eigenvalue weighted by atomic mass is 9.80. The third-order valence-corrected chi connectivity index (χ3v) is 9.94. The number of aromatic nitrogens is 1. The molecule has 0 aliphatic heterocycles. The van der Waals surface area contributed by atoms with Crippen molar-refractivity contribution in [1.29, 1.82) is 0 Å². The zero-order valence-electron chi connectivity index (χ0n) is 30.2. The lowest BCUT2D eigenvalue weighted by Gasteiger charge is -2.36. The zero-order chi connectivity index (χ0) is 37.8. The molecule has 0 saturated heterocycles. The molecule has 274 valence electrons. The quantitative estimate of drug-likeness (QED) is 0.0563. The lowest BCUT2D eigenvalue weighted by Crippen LogP contribution is -2.33. The largest absolute Gasteiger partial charge is 0.497 e. The van der Waals surface area contributed by atoms with Crippen molar-refractivity contribution < 1.29 is 33.6 Å². The van der Waals surface area contributed by atoms with Crippen LogP contribution in [0.15, 0.2) is 146 Å². The molecule has 0 aliphatic rings. The molecular weight excluding hydrogens is 697 g/mol. The van der Waals surface area contributed by atoms with E-state index < -0.39 is 17.5 Å². The monoisotopic (exact) mass is 739 g/mol. The number of rotatable bonds is 17. The van der Waals surface area contributed by atoms with Gasteiger partial charge in [-0.25, -0.2) is 0 Å². The van der Waals surface area contributed by atoms with Crippen LogP contribution in [0.3, 0.4) is 0 Å². The summed E-state index contributed by atoms with van der Waals surface area (Å²) < 4.78 is 23.8. The molecule has 0 amide bonds. The second kappa shape index (κ2) is 18.3. The Hall–Kier alpha value is -5.82. The van der Waals surface area contributed by atoms with E-state index in [1.165, 1.54) is 5.30 Å². The number of esters is 1. The molecule has 1 aromatic heterocycles. The highest BCUT2D eigenvalue weighted by Crippen LogP contribution is 2.42. The summed E-state index contributed by atoms with van der Waals surface area (Å²) in [6.45, 7) is 2.91. The highest BCUT2D eigenvalue weighted by molar-refractivity contribution is 7.46. The molecular formula is C45H42NO7P. The molecule has 9 heteroatoms. The van der Waals surface area contributed by atoms with Gasteiger partial charge in [0.1, 0.15) is 30.3 Å². The smallest absolute Gasteiger partial charge is 0.306 e. The molecule has 8 nitrogen and oxygen atoms in total. The highest BCUT2D eigenvalue weighted by atomic mass is 31.1. The van der Waals surface area contributed by atoms with Crippen molar-refractivity contribution >= 4 is 25.8 Å². The fraction of sp³-hybridized carbons (Fsp3) is 0.178. The van der Waals surface area contributed by atoms with Gasteiger partial charge < -0.3 is 24.1 Å².